The highest BCUT2D eigenvalue weighted by molar-refractivity contribution is 6.42. The molecule has 2 heterocycles. The van der Waals surface area contributed by atoms with Gasteiger partial charge in [-0.05, 0) is 48.9 Å². The first-order valence-corrected chi connectivity index (χ1v) is 13.4. The Balaban J connectivity index is 1.50. The van der Waals surface area contributed by atoms with E-state index in [1.54, 1.807) is 24.1 Å². The second-order valence-corrected chi connectivity index (χ2v) is 11.1. The Morgan fingerprint density at radius 3 is 2.46 bits per heavy atom. The first kappa shape index (κ1) is 29.6. The Bertz CT molecular complexity index is 1230. The van der Waals surface area contributed by atoms with Crippen LogP contribution in [0.4, 0.5) is 17.6 Å². The van der Waals surface area contributed by atoms with Crippen molar-refractivity contribution in [3.8, 4) is 0 Å². The second kappa shape index (κ2) is 12.0. The van der Waals surface area contributed by atoms with Gasteiger partial charge in [0, 0.05) is 57.6 Å². The summed E-state index contributed by atoms with van der Waals surface area (Å²) >= 11 is 12.4. The Kier molecular flexibility index (Phi) is 9.10. The topological polar surface area (TPSA) is 55.9 Å². The van der Waals surface area contributed by atoms with Gasteiger partial charge in [-0.1, -0.05) is 35.3 Å². The summed E-state index contributed by atoms with van der Waals surface area (Å²) in [4.78, 5) is 30.4. The highest BCUT2D eigenvalue weighted by Gasteiger charge is 2.40. The quantitative estimate of drug-likeness (QED) is 0.473. The predicted octanol–water partition coefficient (Wildman–Crippen LogP) is 4.79. The number of carbonyl (C=O) groups excluding carboxylic acids is 2. The molecule has 0 radical (unpaired) electrons. The summed E-state index contributed by atoms with van der Waals surface area (Å²) in [6.07, 6.45) is -3.99. The molecular formula is C27H30Cl2F4N4O2. The van der Waals surface area contributed by atoms with E-state index in [1.165, 1.54) is 13.0 Å². The van der Waals surface area contributed by atoms with Gasteiger partial charge >= 0.3 is 6.18 Å². The molecule has 2 saturated heterocycles. The normalized spacial score (nSPS) is 22.1. The molecule has 12 heteroatoms. The Morgan fingerprint density at radius 1 is 1.08 bits per heavy atom. The van der Waals surface area contributed by atoms with Crippen LogP contribution >= 0.6 is 23.2 Å². The van der Waals surface area contributed by atoms with Crippen LogP contribution in [-0.4, -0.2) is 78.4 Å². The van der Waals surface area contributed by atoms with Crippen molar-refractivity contribution in [2.24, 2.45) is 0 Å². The number of halogens is 6. The maximum atomic E-state index is 14.2. The minimum absolute atomic E-state index is 0.0147. The summed E-state index contributed by atoms with van der Waals surface area (Å²) in [6.45, 7) is 3.95. The van der Waals surface area contributed by atoms with Crippen LogP contribution in [0.25, 0.3) is 0 Å². The lowest BCUT2D eigenvalue weighted by Gasteiger charge is -2.29. The average molecular weight is 589 g/mol. The van der Waals surface area contributed by atoms with Gasteiger partial charge in [0.1, 0.15) is 5.82 Å². The van der Waals surface area contributed by atoms with Crippen molar-refractivity contribution in [2.75, 3.05) is 39.8 Å². The molecular weight excluding hydrogens is 559 g/mol. The van der Waals surface area contributed by atoms with E-state index in [2.05, 4.69) is 5.32 Å². The lowest BCUT2D eigenvalue weighted by Crippen LogP contribution is -2.42. The molecule has 0 spiro atoms. The molecule has 2 amide bonds. The minimum Gasteiger partial charge on any atom is -0.352 e. The number of carbonyl (C=O) groups is 2. The molecule has 6 nitrogen and oxygen atoms in total. The molecule has 0 aromatic heterocycles. The number of nitrogens with one attached hydrogen (secondary N) is 1. The third-order valence-corrected chi connectivity index (χ3v) is 8.13. The molecule has 2 aromatic carbocycles. The maximum absolute atomic E-state index is 14.2. The van der Waals surface area contributed by atoms with E-state index in [1.807, 2.05) is 15.9 Å². The van der Waals surface area contributed by atoms with Crippen molar-refractivity contribution >= 4 is 35.0 Å². The fourth-order valence-electron chi connectivity index (χ4n) is 5.47. The van der Waals surface area contributed by atoms with Crippen molar-refractivity contribution in [1.82, 2.24) is 20.0 Å². The van der Waals surface area contributed by atoms with Gasteiger partial charge in [0.05, 0.1) is 22.2 Å². The van der Waals surface area contributed by atoms with E-state index in [9.17, 15) is 27.2 Å². The molecule has 0 bridgehead atoms. The highest BCUT2D eigenvalue weighted by Crippen LogP contribution is 2.36. The van der Waals surface area contributed by atoms with Crippen LogP contribution in [0.2, 0.25) is 10.0 Å². The van der Waals surface area contributed by atoms with E-state index < -0.39 is 17.6 Å². The SMILES string of the molecule is CC(=O)NC1CCN(CC(=O)N2C[C@H](c3ccc(Cl)c(Cl)c3)[C@H](N(C)Cc3ccc(C(F)(F)F)c(F)c3)C2)C1. The third kappa shape index (κ3) is 7.22. The summed E-state index contributed by atoms with van der Waals surface area (Å²) in [5.74, 6) is -1.63. The molecule has 39 heavy (non-hydrogen) atoms. The van der Waals surface area contributed by atoms with Crippen LogP contribution in [0.3, 0.4) is 0 Å². The van der Waals surface area contributed by atoms with Crippen LogP contribution < -0.4 is 5.32 Å². The van der Waals surface area contributed by atoms with Gasteiger partial charge in [-0.2, -0.15) is 13.2 Å². The molecule has 2 aliphatic heterocycles. The zero-order valence-corrected chi connectivity index (χ0v) is 23.1. The van der Waals surface area contributed by atoms with Crippen molar-refractivity contribution in [1.29, 1.82) is 0 Å². The number of likely N-dealkylation sites (tertiary alicyclic amines) is 2. The number of hydrogen-bond donors (Lipinski definition) is 1. The van der Waals surface area contributed by atoms with Crippen molar-refractivity contribution in [3.63, 3.8) is 0 Å². The molecule has 2 aromatic rings. The molecule has 2 aliphatic rings. The fraction of sp³-hybridized carbons (Fsp3) is 0.481. The lowest BCUT2D eigenvalue weighted by molar-refractivity contribution is -0.140. The van der Waals surface area contributed by atoms with Crippen LogP contribution in [0, 0.1) is 5.82 Å². The van der Waals surface area contributed by atoms with E-state index in [4.69, 9.17) is 23.2 Å². The summed E-state index contributed by atoms with van der Waals surface area (Å²) in [7, 11) is 1.80. The molecule has 0 aliphatic carbocycles. The molecule has 2 fully saturated rings. The van der Waals surface area contributed by atoms with Crippen molar-refractivity contribution in [3.05, 3.63) is 69.0 Å². The number of likely N-dealkylation sites (N-methyl/N-ethyl adjacent to an activating group) is 1. The molecule has 0 saturated carbocycles. The van der Waals surface area contributed by atoms with Crippen LogP contribution in [-0.2, 0) is 22.3 Å². The van der Waals surface area contributed by atoms with Gasteiger partial charge in [0.25, 0.3) is 0 Å². The molecule has 1 unspecified atom stereocenters. The first-order chi connectivity index (χ1) is 18.3. The number of amides is 2. The Hall–Kier alpha value is -2.40. The monoisotopic (exact) mass is 588 g/mol. The summed E-state index contributed by atoms with van der Waals surface area (Å²) < 4.78 is 53.2. The smallest absolute Gasteiger partial charge is 0.352 e. The van der Waals surface area contributed by atoms with E-state index in [0.717, 1.165) is 24.1 Å². The number of nitrogens with zero attached hydrogens (tertiary/aromatic N) is 3. The van der Waals surface area contributed by atoms with Gasteiger partial charge in [-0.3, -0.25) is 19.4 Å². The number of benzene rings is 2. The Morgan fingerprint density at radius 2 is 1.82 bits per heavy atom. The van der Waals surface area contributed by atoms with E-state index in [-0.39, 0.29) is 42.9 Å². The summed E-state index contributed by atoms with van der Waals surface area (Å²) in [5, 5.41) is 3.67. The lowest BCUT2D eigenvalue weighted by atomic mass is 9.93. The third-order valence-electron chi connectivity index (χ3n) is 7.39. The van der Waals surface area contributed by atoms with Crippen LogP contribution in [0.1, 0.15) is 36.0 Å². The number of rotatable bonds is 7. The molecule has 3 atom stereocenters. The van der Waals surface area contributed by atoms with Crippen LogP contribution in [0.15, 0.2) is 36.4 Å². The molecule has 4 rings (SSSR count). The molecule has 1 N–H and O–H groups in total. The zero-order chi connectivity index (χ0) is 28.5. The number of hydrogen-bond acceptors (Lipinski definition) is 4. The standard InChI is InChI=1S/C27H30Cl2F4N4O2/c1-16(38)34-19-7-8-36(12-19)15-26(39)37-13-20(18-4-6-22(28)23(29)10-18)25(14-37)35(2)11-17-3-5-21(24(30)9-17)27(31,32)33/h3-6,9-10,19-20,25H,7-8,11-15H2,1-2H3,(H,34,38)/t19?,20-,25-/m1/s1. The van der Waals surface area contributed by atoms with E-state index in [0.29, 0.717) is 41.8 Å². The van der Waals surface area contributed by atoms with Gasteiger partial charge in [0.15, 0.2) is 0 Å². The van der Waals surface area contributed by atoms with Gasteiger partial charge < -0.3 is 10.2 Å². The van der Waals surface area contributed by atoms with Gasteiger partial charge in [-0.15, -0.1) is 0 Å². The maximum Gasteiger partial charge on any atom is 0.419 e. The predicted molar refractivity (Wildman–Crippen MR) is 141 cm³/mol. The average Bonchev–Trinajstić information content (AvgIpc) is 3.47. The fourth-order valence-corrected chi connectivity index (χ4v) is 5.78. The number of alkyl halides is 3. The van der Waals surface area contributed by atoms with Crippen LogP contribution in [0.5, 0.6) is 0 Å². The van der Waals surface area contributed by atoms with Gasteiger partial charge in [-0.25, -0.2) is 4.39 Å². The van der Waals surface area contributed by atoms with Crippen molar-refractivity contribution < 1.29 is 27.2 Å². The summed E-state index contributed by atoms with van der Waals surface area (Å²) in [5.41, 5.74) is -0.0355. The first-order valence-electron chi connectivity index (χ1n) is 12.6. The van der Waals surface area contributed by atoms with Crippen molar-refractivity contribution in [2.45, 2.75) is 44.1 Å². The second-order valence-electron chi connectivity index (χ2n) is 10.3. The minimum atomic E-state index is -4.77. The largest absolute Gasteiger partial charge is 0.419 e. The summed E-state index contributed by atoms with van der Waals surface area (Å²) in [6, 6.07) is 8.05. The molecule has 212 valence electrons. The zero-order valence-electron chi connectivity index (χ0n) is 21.6. The Labute approximate surface area is 234 Å². The highest BCUT2D eigenvalue weighted by atomic mass is 35.5. The van der Waals surface area contributed by atoms with E-state index >= 15 is 0 Å². The van der Waals surface area contributed by atoms with Gasteiger partial charge in [0.2, 0.25) is 11.8 Å².